The average molecular weight is 442 g/mol. The van der Waals surface area contributed by atoms with Crippen molar-refractivity contribution in [2.24, 2.45) is 0 Å². The summed E-state index contributed by atoms with van der Waals surface area (Å²) in [6.45, 7) is 8.47. The lowest BCUT2D eigenvalue weighted by Gasteiger charge is -2.35. The van der Waals surface area contributed by atoms with E-state index in [2.05, 4.69) is 31.7 Å². The van der Waals surface area contributed by atoms with Crippen LogP contribution in [0.2, 0.25) is 0 Å². The number of sulfonamides is 1. The van der Waals surface area contributed by atoms with E-state index in [4.69, 9.17) is 0 Å². The van der Waals surface area contributed by atoms with Gasteiger partial charge in [0.25, 0.3) is 0 Å². The maximum Gasteiger partial charge on any atom is 0.243 e. The number of nitrogens with zero attached hydrogens (tertiary/aromatic N) is 3. The summed E-state index contributed by atoms with van der Waals surface area (Å²) in [7, 11) is -3.51. The molecule has 1 fully saturated rings. The lowest BCUT2D eigenvalue weighted by atomic mass is 10.0. The molecule has 6 nitrogen and oxygen atoms in total. The lowest BCUT2D eigenvalue weighted by molar-refractivity contribution is -0.120. The van der Waals surface area contributed by atoms with Crippen molar-refractivity contribution in [3.05, 3.63) is 59.7 Å². The summed E-state index contributed by atoms with van der Waals surface area (Å²) >= 11 is 0. The van der Waals surface area contributed by atoms with Crippen molar-refractivity contribution in [1.29, 1.82) is 0 Å². The fraction of sp³-hybridized carbons (Fsp3) is 0.458. The molecule has 2 aromatic rings. The highest BCUT2D eigenvalue weighted by Crippen LogP contribution is 2.32. The van der Waals surface area contributed by atoms with Crippen LogP contribution in [-0.4, -0.2) is 62.3 Å². The second kappa shape index (κ2) is 8.73. The lowest BCUT2D eigenvalue weighted by Crippen LogP contribution is -2.52. The standard InChI is InChI=1S/C24H31N3O3S/c1-18(2)20-8-10-22(11-9-20)31(29,30)26-14-12-25(13-15-26)17-24(28)27-19(3)16-21-6-4-5-7-23(21)27/h4-11,18-19H,12-17H2,1-3H3. The number of carbonyl (C=O) groups is 1. The number of carbonyl (C=O) groups excluding carboxylic acids is 1. The predicted molar refractivity (Wildman–Crippen MR) is 123 cm³/mol. The Kier molecular flexibility index (Phi) is 6.19. The van der Waals surface area contributed by atoms with Crippen LogP contribution in [0.15, 0.2) is 53.4 Å². The summed E-state index contributed by atoms with van der Waals surface area (Å²) in [4.78, 5) is 17.3. The van der Waals surface area contributed by atoms with E-state index >= 15 is 0 Å². The largest absolute Gasteiger partial charge is 0.308 e. The van der Waals surface area contributed by atoms with Gasteiger partial charge in [0.2, 0.25) is 15.9 Å². The molecule has 0 N–H and O–H groups in total. The van der Waals surface area contributed by atoms with Gasteiger partial charge in [-0.25, -0.2) is 8.42 Å². The van der Waals surface area contributed by atoms with E-state index in [1.54, 1.807) is 12.1 Å². The molecule has 1 unspecified atom stereocenters. The van der Waals surface area contributed by atoms with E-state index in [-0.39, 0.29) is 11.9 Å². The van der Waals surface area contributed by atoms with E-state index in [1.807, 2.05) is 35.2 Å². The molecule has 0 radical (unpaired) electrons. The molecule has 7 heteroatoms. The Bertz CT molecular complexity index is 1040. The first-order chi connectivity index (χ1) is 14.8. The molecule has 2 aromatic carbocycles. The number of fused-ring (bicyclic) bond motifs is 1. The number of para-hydroxylation sites is 1. The summed E-state index contributed by atoms with van der Waals surface area (Å²) < 4.78 is 27.6. The minimum atomic E-state index is -3.51. The highest BCUT2D eigenvalue weighted by atomic mass is 32.2. The van der Waals surface area contributed by atoms with Crippen LogP contribution in [0.25, 0.3) is 0 Å². The topological polar surface area (TPSA) is 60.9 Å². The Morgan fingerprint density at radius 2 is 1.65 bits per heavy atom. The quantitative estimate of drug-likeness (QED) is 0.715. The highest BCUT2D eigenvalue weighted by molar-refractivity contribution is 7.89. The van der Waals surface area contributed by atoms with Gasteiger partial charge in [-0.2, -0.15) is 4.31 Å². The van der Waals surface area contributed by atoms with Crippen LogP contribution in [0, 0.1) is 0 Å². The van der Waals surface area contributed by atoms with Crippen LogP contribution in [-0.2, 0) is 21.2 Å². The maximum absolute atomic E-state index is 13.0. The van der Waals surface area contributed by atoms with Gasteiger partial charge in [-0.05, 0) is 48.6 Å². The molecule has 0 saturated carbocycles. The Hall–Kier alpha value is -2.22. The second-order valence-electron chi connectivity index (χ2n) is 8.85. The number of hydrogen-bond donors (Lipinski definition) is 0. The molecule has 31 heavy (non-hydrogen) atoms. The second-order valence-corrected chi connectivity index (χ2v) is 10.8. The minimum Gasteiger partial charge on any atom is -0.308 e. The van der Waals surface area contributed by atoms with Crippen LogP contribution in [0.4, 0.5) is 5.69 Å². The Morgan fingerprint density at radius 1 is 1.00 bits per heavy atom. The van der Waals surface area contributed by atoms with Gasteiger partial charge in [0.1, 0.15) is 0 Å². The molecular formula is C24H31N3O3S. The molecule has 2 aliphatic heterocycles. The van der Waals surface area contributed by atoms with E-state index in [1.165, 1.54) is 9.87 Å². The third-order valence-electron chi connectivity index (χ3n) is 6.35. The van der Waals surface area contributed by atoms with Gasteiger partial charge in [0, 0.05) is 37.9 Å². The normalized spacial score (nSPS) is 20.3. The first kappa shape index (κ1) is 22.0. The minimum absolute atomic E-state index is 0.0815. The van der Waals surface area contributed by atoms with Crippen LogP contribution in [0.5, 0.6) is 0 Å². The van der Waals surface area contributed by atoms with Gasteiger partial charge in [-0.1, -0.05) is 44.2 Å². The van der Waals surface area contributed by atoms with E-state index in [9.17, 15) is 13.2 Å². The van der Waals surface area contributed by atoms with Gasteiger partial charge in [-0.3, -0.25) is 9.69 Å². The van der Waals surface area contributed by atoms with Crippen molar-refractivity contribution in [3.8, 4) is 0 Å². The van der Waals surface area contributed by atoms with Crippen molar-refractivity contribution in [2.75, 3.05) is 37.6 Å². The summed E-state index contributed by atoms with van der Waals surface area (Å²) in [5.41, 5.74) is 3.34. The first-order valence-corrected chi connectivity index (χ1v) is 12.4. The summed E-state index contributed by atoms with van der Waals surface area (Å²) in [5, 5.41) is 0. The van der Waals surface area contributed by atoms with Crippen molar-refractivity contribution in [3.63, 3.8) is 0 Å². The molecule has 4 rings (SSSR count). The highest BCUT2D eigenvalue weighted by Gasteiger charge is 2.33. The number of anilines is 1. The molecule has 2 aliphatic rings. The van der Waals surface area contributed by atoms with Crippen molar-refractivity contribution < 1.29 is 13.2 Å². The molecule has 1 saturated heterocycles. The molecule has 166 valence electrons. The van der Waals surface area contributed by atoms with Crippen LogP contribution >= 0.6 is 0 Å². The van der Waals surface area contributed by atoms with Crippen LogP contribution < -0.4 is 4.90 Å². The summed E-state index contributed by atoms with van der Waals surface area (Å²) in [6, 6.07) is 15.4. The van der Waals surface area contributed by atoms with E-state index < -0.39 is 10.0 Å². The number of rotatable bonds is 5. The zero-order chi connectivity index (χ0) is 22.2. The SMILES string of the molecule is CC(C)c1ccc(S(=O)(=O)N2CCN(CC(=O)N3c4ccccc4CC3C)CC2)cc1. The van der Waals surface area contributed by atoms with Gasteiger partial charge >= 0.3 is 0 Å². The van der Waals surface area contributed by atoms with Crippen molar-refractivity contribution in [2.45, 2.75) is 44.0 Å². The molecule has 0 aromatic heterocycles. The number of benzene rings is 2. The molecule has 1 atom stereocenters. The zero-order valence-corrected chi connectivity index (χ0v) is 19.3. The summed E-state index contributed by atoms with van der Waals surface area (Å²) in [6.07, 6.45) is 0.879. The van der Waals surface area contributed by atoms with Crippen LogP contribution in [0.1, 0.15) is 37.8 Å². The molecule has 0 spiro atoms. The summed E-state index contributed by atoms with van der Waals surface area (Å²) in [5.74, 6) is 0.446. The van der Waals surface area contributed by atoms with Crippen LogP contribution in [0.3, 0.4) is 0 Å². The third-order valence-corrected chi connectivity index (χ3v) is 8.26. The Labute approximate surface area is 185 Å². The van der Waals surface area contributed by atoms with Crippen molar-refractivity contribution in [1.82, 2.24) is 9.21 Å². The maximum atomic E-state index is 13.0. The van der Waals surface area contributed by atoms with Crippen molar-refractivity contribution >= 4 is 21.6 Å². The van der Waals surface area contributed by atoms with Gasteiger partial charge in [0.05, 0.1) is 11.4 Å². The van der Waals surface area contributed by atoms with E-state index in [0.717, 1.165) is 17.7 Å². The number of piperazine rings is 1. The van der Waals surface area contributed by atoms with Gasteiger partial charge < -0.3 is 4.90 Å². The molecule has 1 amide bonds. The van der Waals surface area contributed by atoms with E-state index in [0.29, 0.717) is 43.5 Å². The number of amides is 1. The molecular weight excluding hydrogens is 410 g/mol. The molecule has 0 bridgehead atoms. The Morgan fingerprint density at radius 3 is 2.29 bits per heavy atom. The third kappa shape index (κ3) is 4.40. The Balaban J connectivity index is 1.37. The smallest absolute Gasteiger partial charge is 0.243 e. The first-order valence-electron chi connectivity index (χ1n) is 11.0. The predicted octanol–water partition coefficient (Wildman–Crippen LogP) is 3.09. The van der Waals surface area contributed by atoms with Gasteiger partial charge in [0.15, 0.2) is 0 Å². The molecule has 2 heterocycles. The average Bonchev–Trinajstić information content (AvgIpc) is 3.10. The zero-order valence-electron chi connectivity index (χ0n) is 18.5. The number of hydrogen-bond acceptors (Lipinski definition) is 4. The fourth-order valence-corrected chi connectivity index (χ4v) is 5.94. The van der Waals surface area contributed by atoms with Gasteiger partial charge in [-0.15, -0.1) is 0 Å². The fourth-order valence-electron chi connectivity index (χ4n) is 4.51. The molecule has 0 aliphatic carbocycles. The monoisotopic (exact) mass is 441 g/mol.